The number of anilines is 2. The molecule has 11 heteroatoms. The second-order valence-electron chi connectivity index (χ2n) is 8.72. The number of nitrogens with zero attached hydrogens (tertiary/aromatic N) is 1. The number of rotatable bonds is 7. The summed E-state index contributed by atoms with van der Waals surface area (Å²) >= 11 is 3.21. The van der Waals surface area contributed by atoms with E-state index in [4.69, 9.17) is 0 Å². The van der Waals surface area contributed by atoms with Crippen LogP contribution in [0.4, 0.5) is 29.3 Å². The van der Waals surface area contributed by atoms with Gasteiger partial charge in [-0.25, -0.2) is 18.0 Å². The Bertz CT molecular complexity index is 1190. The summed E-state index contributed by atoms with van der Waals surface area (Å²) < 4.78 is 44.6. The molecule has 35 heavy (non-hydrogen) atoms. The van der Waals surface area contributed by atoms with Crippen molar-refractivity contribution in [1.82, 2.24) is 15.2 Å². The van der Waals surface area contributed by atoms with Crippen LogP contribution in [0.3, 0.4) is 0 Å². The lowest BCUT2D eigenvalue weighted by atomic mass is 10.0. The van der Waals surface area contributed by atoms with Crippen LogP contribution in [0.1, 0.15) is 48.7 Å². The fraction of sp³-hybridized carbons (Fsp3) is 0.417. The first-order chi connectivity index (χ1) is 16.6. The second-order valence-corrected chi connectivity index (χ2v) is 9.58. The van der Waals surface area contributed by atoms with Crippen LogP contribution < -0.4 is 16.0 Å². The molecule has 2 aromatic rings. The molecular weight excluding hydrogens is 527 g/mol. The zero-order valence-corrected chi connectivity index (χ0v) is 21.0. The van der Waals surface area contributed by atoms with Crippen molar-refractivity contribution in [2.24, 2.45) is 0 Å². The molecule has 0 bridgehead atoms. The van der Waals surface area contributed by atoms with Gasteiger partial charge in [0.05, 0.1) is 28.2 Å². The summed E-state index contributed by atoms with van der Waals surface area (Å²) in [5, 5.41) is 7.91. The van der Waals surface area contributed by atoms with E-state index in [9.17, 15) is 14.0 Å². The largest absolute Gasteiger partial charge is 0.357 e. The number of fused-ring (bicyclic) bond motifs is 1. The zero-order valence-electron chi connectivity index (χ0n) is 19.5. The lowest BCUT2D eigenvalue weighted by Crippen LogP contribution is -2.36. The summed E-state index contributed by atoms with van der Waals surface area (Å²) in [7, 11) is 0. The third-order valence-electron chi connectivity index (χ3n) is 6.29. The average Bonchev–Trinajstić information content (AvgIpc) is 3.49. The molecule has 0 spiro atoms. The van der Waals surface area contributed by atoms with Gasteiger partial charge in [0, 0.05) is 35.2 Å². The molecule has 2 aliphatic rings. The number of hydrogen-bond donors (Lipinski definition) is 4. The van der Waals surface area contributed by atoms with E-state index in [-0.39, 0.29) is 22.5 Å². The molecule has 4 N–H and O–H groups in total. The van der Waals surface area contributed by atoms with Crippen molar-refractivity contribution >= 4 is 50.9 Å². The molecule has 1 aromatic carbocycles. The lowest BCUT2D eigenvalue weighted by Gasteiger charge is -2.18. The average molecular weight is 554 g/mol. The van der Waals surface area contributed by atoms with E-state index >= 15 is 8.78 Å². The van der Waals surface area contributed by atoms with Crippen LogP contribution in [0.2, 0.25) is 0 Å². The minimum Gasteiger partial charge on any atom is -0.357 e. The Labute approximate surface area is 209 Å². The predicted molar refractivity (Wildman–Crippen MR) is 133 cm³/mol. The number of alkyl halides is 2. The summed E-state index contributed by atoms with van der Waals surface area (Å²) in [5.41, 5.74) is 0.488. The van der Waals surface area contributed by atoms with Gasteiger partial charge < -0.3 is 25.8 Å². The van der Waals surface area contributed by atoms with Crippen LogP contribution in [0.5, 0.6) is 0 Å². The fourth-order valence-corrected chi connectivity index (χ4v) is 5.00. The summed E-state index contributed by atoms with van der Waals surface area (Å²) in [6, 6.07) is 1.79. The molecule has 3 amide bonds. The highest BCUT2D eigenvalue weighted by Gasteiger charge is 2.38. The van der Waals surface area contributed by atoms with Gasteiger partial charge in [0.1, 0.15) is 5.82 Å². The number of carbonyl (C=O) groups excluding carboxylic acids is 2. The van der Waals surface area contributed by atoms with E-state index in [1.54, 1.807) is 6.92 Å². The fourth-order valence-electron chi connectivity index (χ4n) is 4.47. The molecule has 7 nitrogen and oxygen atoms in total. The number of urea groups is 1. The number of hydrogen-bond acceptors (Lipinski definition) is 3. The molecule has 1 fully saturated rings. The first-order valence-electron chi connectivity index (χ1n) is 11.5. The van der Waals surface area contributed by atoms with Crippen molar-refractivity contribution in [2.75, 3.05) is 36.8 Å². The molecule has 1 saturated heterocycles. The van der Waals surface area contributed by atoms with E-state index in [1.807, 2.05) is 0 Å². The Morgan fingerprint density at radius 3 is 2.69 bits per heavy atom. The van der Waals surface area contributed by atoms with Crippen molar-refractivity contribution in [3.8, 4) is 0 Å². The second kappa shape index (κ2) is 10.1. The number of benzene rings is 1. The number of carbonyl (C=O) groups is 2. The van der Waals surface area contributed by atoms with E-state index in [0.717, 1.165) is 25.9 Å². The molecule has 0 saturated carbocycles. The standard InChI is InChI=1S/C24H27BrF3N5O2/c1-3-24(27,28)19-18(12-16-15-10-14(26)11-17(25)21(15)31-22(16)34)30-13(2)20(19)32-23(35)29-6-9-33-7-4-5-8-33/h10-12,30H,3-9H2,1-2H3,(H,31,34)(H2,29,32,35)/b16-12-. The lowest BCUT2D eigenvalue weighted by molar-refractivity contribution is -0.110. The molecule has 0 atom stereocenters. The number of nitrogens with one attached hydrogen (secondary N) is 4. The molecule has 2 aliphatic heterocycles. The number of aromatic amines is 1. The monoisotopic (exact) mass is 553 g/mol. The van der Waals surface area contributed by atoms with Gasteiger partial charge in [-0.15, -0.1) is 0 Å². The number of likely N-dealkylation sites (tertiary alicyclic amines) is 1. The smallest absolute Gasteiger partial charge is 0.319 e. The Kier molecular flexibility index (Phi) is 7.27. The molecule has 0 radical (unpaired) electrons. The van der Waals surface area contributed by atoms with E-state index in [1.165, 1.54) is 25.1 Å². The molecule has 4 rings (SSSR count). The van der Waals surface area contributed by atoms with Gasteiger partial charge in [-0.1, -0.05) is 6.92 Å². The van der Waals surface area contributed by atoms with Crippen LogP contribution in [0.25, 0.3) is 11.6 Å². The quantitative estimate of drug-likeness (QED) is 0.344. The van der Waals surface area contributed by atoms with Gasteiger partial charge in [0.15, 0.2) is 0 Å². The van der Waals surface area contributed by atoms with E-state index in [0.29, 0.717) is 28.9 Å². The van der Waals surface area contributed by atoms with Crippen LogP contribution in [0, 0.1) is 12.7 Å². The first-order valence-corrected chi connectivity index (χ1v) is 12.3. The van der Waals surface area contributed by atoms with E-state index in [2.05, 4.69) is 41.8 Å². The maximum absolute atomic E-state index is 15.1. The van der Waals surface area contributed by atoms with Crippen LogP contribution >= 0.6 is 15.9 Å². The minimum absolute atomic E-state index is 0.0277. The third-order valence-corrected chi connectivity index (χ3v) is 6.92. The van der Waals surface area contributed by atoms with Crippen molar-refractivity contribution in [3.63, 3.8) is 0 Å². The number of amides is 3. The maximum atomic E-state index is 15.1. The summed E-state index contributed by atoms with van der Waals surface area (Å²) in [4.78, 5) is 30.2. The number of aromatic nitrogens is 1. The molecular formula is C24H27BrF3N5O2. The predicted octanol–water partition coefficient (Wildman–Crippen LogP) is 5.44. The highest BCUT2D eigenvalue weighted by molar-refractivity contribution is 9.10. The zero-order chi connectivity index (χ0) is 25.3. The Morgan fingerprint density at radius 1 is 1.29 bits per heavy atom. The summed E-state index contributed by atoms with van der Waals surface area (Å²) in [6.45, 7) is 5.96. The highest BCUT2D eigenvalue weighted by atomic mass is 79.9. The minimum atomic E-state index is -3.30. The Balaban J connectivity index is 1.65. The Morgan fingerprint density at radius 2 is 2.00 bits per heavy atom. The molecule has 1 aromatic heterocycles. The van der Waals surface area contributed by atoms with Gasteiger partial charge in [0.2, 0.25) is 0 Å². The normalized spacial score (nSPS) is 17.1. The van der Waals surface area contributed by atoms with E-state index < -0.39 is 35.7 Å². The highest BCUT2D eigenvalue weighted by Crippen LogP contribution is 2.44. The summed E-state index contributed by atoms with van der Waals surface area (Å²) in [5.74, 6) is -4.42. The van der Waals surface area contributed by atoms with Crippen molar-refractivity contribution in [1.29, 1.82) is 0 Å². The molecule has 3 heterocycles. The van der Waals surface area contributed by atoms with Crippen LogP contribution in [-0.2, 0) is 10.7 Å². The summed E-state index contributed by atoms with van der Waals surface area (Å²) in [6.07, 6.45) is 3.02. The van der Waals surface area contributed by atoms with Gasteiger partial charge >= 0.3 is 6.03 Å². The topological polar surface area (TPSA) is 89.3 Å². The van der Waals surface area contributed by atoms with Crippen LogP contribution in [0.15, 0.2) is 16.6 Å². The Hall–Kier alpha value is -2.79. The van der Waals surface area contributed by atoms with Crippen LogP contribution in [-0.4, -0.2) is 48.0 Å². The first kappa shape index (κ1) is 25.3. The van der Waals surface area contributed by atoms with Crippen molar-refractivity contribution in [3.05, 3.63) is 44.9 Å². The molecule has 0 unspecified atom stereocenters. The maximum Gasteiger partial charge on any atom is 0.319 e. The number of halogens is 4. The van der Waals surface area contributed by atoms with Crippen molar-refractivity contribution < 1.29 is 22.8 Å². The molecule has 188 valence electrons. The third kappa shape index (κ3) is 5.25. The number of aryl methyl sites for hydroxylation is 1. The van der Waals surface area contributed by atoms with Gasteiger partial charge in [0.25, 0.3) is 11.8 Å². The van der Waals surface area contributed by atoms with Gasteiger partial charge in [-0.2, -0.15) is 0 Å². The van der Waals surface area contributed by atoms with Crippen molar-refractivity contribution in [2.45, 2.75) is 39.0 Å². The number of H-pyrrole nitrogens is 1. The molecule has 0 aliphatic carbocycles. The van der Waals surface area contributed by atoms with Gasteiger partial charge in [-0.3, -0.25) is 4.79 Å². The SMILES string of the molecule is CCC(F)(F)c1c(/C=C2\C(=O)Nc3c(Br)cc(F)cc32)[nH]c(C)c1NC(=O)NCCN1CCCC1. The van der Waals surface area contributed by atoms with Gasteiger partial charge in [-0.05, 0) is 67.0 Å².